The monoisotopic (exact) mass is 239 g/mol. The molecule has 2 heterocycles. The van der Waals surface area contributed by atoms with Gasteiger partial charge in [-0.3, -0.25) is 4.79 Å². The molecule has 1 fully saturated rings. The molecular weight excluding hydrogens is 222 g/mol. The first-order valence-electron chi connectivity index (χ1n) is 5.69. The fraction of sp³-hybridized carbons (Fsp3) is 0.700. The number of hydrogen-bond donors (Lipinski definition) is 1. The molecule has 0 saturated carbocycles. The number of carbonyl (C=O) groups is 1. The van der Waals surface area contributed by atoms with Crippen LogP contribution in [0.25, 0.3) is 0 Å². The van der Waals surface area contributed by atoms with Gasteiger partial charge in [0.15, 0.2) is 5.82 Å². The largest absolute Gasteiger partial charge is 0.378 e. The Balaban J connectivity index is 2.02. The minimum Gasteiger partial charge on any atom is -0.378 e. The van der Waals surface area contributed by atoms with E-state index in [2.05, 4.69) is 10.1 Å². The van der Waals surface area contributed by atoms with Gasteiger partial charge in [-0.15, -0.1) is 0 Å². The first-order valence-corrected chi connectivity index (χ1v) is 5.69. The molecule has 0 spiro atoms. The van der Waals surface area contributed by atoms with Crippen LogP contribution in [0.3, 0.4) is 0 Å². The molecule has 2 rings (SSSR count). The average Bonchev–Trinajstić information content (AvgIpc) is 2.87. The molecule has 0 radical (unpaired) electrons. The summed E-state index contributed by atoms with van der Waals surface area (Å²) in [5, 5.41) is 4.15. The van der Waals surface area contributed by atoms with E-state index in [1.807, 2.05) is 6.92 Å². The Kier molecular flexibility index (Phi) is 3.70. The molecule has 1 aromatic rings. The average molecular weight is 239 g/mol. The lowest BCUT2D eigenvalue weighted by molar-refractivity contribution is -0.138. The zero-order chi connectivity index (χ0) is 12.3. The second-order valence-electron chi connectivity index (χ2n) is 3.96. The minimum atomic E-state index is -0.346. The topological polar surface area (TPSA) is 86.3 Å². The molecule has 94 valence electrons. The molecule has 0 aromatic carbocycles. The third-order valence-electron chi connectivity index (χ3n) is 2.82. The number of morpholine rings is 1. The van der Waals surface area contributed by atoms with E-state index in [-0.39, 0.29) is 18.5 Å². The van der Waals surface area contributed by atoms with Crippen molar-refractivity contribution < 1.29 is 9.53 Å². The zero-order valence-corrected chi connectivity index (χ0v) is 9.87. The Bertz CT molecular complexity index is 386. The van der Waals surface area contributed by atoms with Crippen LogP contribution in [-0.4, -0.2) is 51.9 Å². The molecule has 1 saturated heterocycles. The zero-order valence-electron chi connectivity index (χ0n) is 9.87. The van der Waals surface area contributed by atoms with E-state index >= 15 is 0 Å². The number of rotatable bonds is 3. The van der Waals surface area contributed by atoms with Crippen molar-refractivity contribution in [1.82, 2.24) is 19.7 Å². The lowest BCUT2D eigenvalue weighted by Crippen LogP contribution is -2.43. The van der Waals surface area contributed by atoms with Gasteiger partial charge in [0.25, 0.3) is 0 Å². The van der Waals surface area contributed by atoms with E-state index in [1.165, 1.54) is 0 Å². The lowest BCUT2D eigenvalue weighted by Gasteiger charge is -2.29. The standard InChI is InChI=1S/C10H17N5O2/c1-8(15-7-12-9(6-11)13-15)10(16)14-2-4-17-5-3-14/h7-8H,2-6,11H2,1H3. The van der Waals surface area contributed by atoms with Crippen molar-refractivity contribution in [3.05, 3.63) is 12.2 Å². The SMILES string of the molecule is CC(C(=O)N1CCOCC1)n1cnc(CN)n1. The number of amides is 1. The highest BCUT2D eigenvalue weighted by molar-refractivity contribution is 5.80. The Labute approximate surface area is 99.5 Å². The maximum absolute atomic E-state index is 12.1. The Morgan fingerprint density at radius 3 is 2.88 bits per heavy atom. The fourth-order valence-electron chi connectivity index (χ4n) is 1.75. The first-order chi connectivity index (χ1) is 8.22. The number of nitrogens with two attached hydrogens (primary N) is 1. The second kappa shape index (κ2) is 5.24. The summed E-state index contributed by atoms with van der Waals surface area (Å²) in [6.45, 7) is 4.58. The van der Waals surface area contributed by atoms with Crippen molar-refractivity contribution in [1.29, 1.82) is 0 Å². The molecule has 1 amide bonds. The van der Waals surface area contributed by atoms with Crippen LogP contribution >= 0.6 is 0 Å². The van der Waals surface area contributed by atoms with Gasteiger partial charge in [0.1, 0.15) is 12.4 Å². The molecule has 1 aromatic heterocycles. The molecule has 1 aliphatic rings. The van der Waals surface area contributed by atoms with Gasteiger partial charge in [-0.2, -0.15) is 5.10 Å². The molecule has 7 nitrogen and oxygen atoms in total. The second-order valence-corrected chi connectivity index (χ2v) is 3.96. The van der Waals surface area contributed by atoms with Crippen molar-refractivity contribution in [2.45, 2.75) is 19.5 Å². The van der Waals surface area contributed by atoms with E-state index in [9.17, 15) is 4.79 Å². The number of nitrogens with zero attached hydrogens (tertiary/aromatic N) is 4. The first kappa shape index (κ1) is 12.0. The summed E-state index contributed by atoms with van der Waals surface area (Å²) in [6, 6.07) is -0.346. The third-order valence-corrected chi connectivity index (χ3v) is 2.82. The van der Waals surface area contributed by atoms with Crippen LogP contribution in [0.1, 0.15) is 18.8 Å². The molecule has 0 aliphatic carbocycles. The maximum atomic E-state index is 12.1. The molecule has 1 unspecified atom stereocenters. The van der Waals surface area contributed by atoms with Gasteiger partial charge in [0.2, 0.25) is 5.91 Å². The quantitative estimate of drug-likeness (QED) is 0.743. The normalized spacial score (nSPS) is 18.1. The highest BCUT2D eigenvalue weighted by Crippen LogP contribution is 2.10. The summed E-state index contributed by atoms with van der Waals surface area (Å²) in [5.41, 5.74) is 5.43. The Morgan fingerprint density at radius 1 is 1.59 bits per heavy atom. The fourth-order valence-corrected chi connectivity index (χ4v) is 1.75. The number of ether oxygens (including phenoxy) is 1. The van der Waals surface area contributed by atoms with Crippen molar-refractivity contribution in [3.63, 3.8) is 0 Å². The van der Waals surface area contributed by atoms with Gasteiger partial charge in [0, 0.05) is 13.1 Å². The Morgan fingerprint density at radius 2 is 2.29 bits per heavy atom. The highest BCUT2D eigenvalue weighted by atomic mass is 16.5. The van der Waals surface area contributed by atoms with Gasteiger partial charge >= 0.3 is 0 Å². The van der Waals surface area contributed by atoms with Gasteiger partial charge in [-0.1, -0.05) is 0 Å². The molecular formula is C10H17N5O2. The molecule has 0 bridgehead atoms. The lowest BCUT2D eigenvalue weighted by atomic mass is 10.2. The van der Waals surface area contributed by atoms with E-state index in [0.717, 1.165) is 0 Å². The van der Waals surface area contributed by atoms with Crippen LogP contribution in [0, 0.1) is 0 Å². The van der Waals surface area contributed by atoms with Crippen molar-refractivity contribution in [3.8, 4) is 0 Å². The van der Waals surface area contributed by atoms with E-state index in [0.29, 0.717) is 32.1 Å². The smallest absolute Gasteiger partial charge is 0.247 e. The van der Waals surface area contributed by atoms with E-state index in [1.54, 1.807) is 15.9 Å². The van der Waals surface area contributed by atoms with Crippen LogP contribution in [-0.2, 0) is 16.1 Å². The van der Waals surface area contributed by atoms with Crippen LogP contribution < -0.4 is 5.73 Å². The van der Waals surface area contributed by atoms with Gasteiger partial charge in [-0.25, -0.2) is 9.67 Å². The summed E-state index contributed by atoms with van der Waals surface area (Å²) in [6.07, 6.45) is 1.55. The highest BCUT2D eigenvalue weighted by Gasteiger charge is 2.24. The third kappa shape index (κ3) is 2.62. The van der Waals surface area contributed by atoms with Crippen molar-refractivity contribution >= 4 is 5.91 Å². The van der Waals surface area contributed by atoms with Crippen LogP contribution in [0.2, 0.25) is 0 Å². The number of carbonyl (C=O) groups excluding carboxylic acids is 1. The van der Waals surface area contributed by atoms with Gasteiger partial charge < -0.3 is 15.4 Å². The van der Waals surface area contributed by atoms with Crippen molar-refractivity contribution in [2.75, 3.05) is 26.3 Å². The Hall–Kier alpha value is -1.47. The van der Waals surface area contributed by atoms with E-state index in [4.69, 9.17) is 10.5 Å². The molecule has 2 N–H and O–H groups in total. The minimum absolute atomic E-state index is 0.0433. The molecule has 1 atom stereocenters. The summed E-state index contributed by atoms with van der Waals surface area (Å²) < 4.78 is 6.77. The van der Waals surface area contributed by atoms with E-state index < -0.39 is 0 Å². The molecule has 7 heteroatoms. The number of hydrogen-bond acceptors (Lipinski definition) is 5. The summed E-state index contributed by atoms with van der Waals surface area (Å²) in [7, 11) is 0. The molecule has 17 heavy (non-hydrogen) atoms. The van der Waals surface area contributed by atoms with Crippen LogP contribution in [0.5, 0.6) is 0 Å². The summed E-state index contributed by atoms with van der Waals surface area (Å²) in [5.74, 6) is 0.591. The number of aromatic nitrogens is 3. The summed E-state index contributed by atoms with van der Waals surface area (Å²) in [4.78, 5) is 18.0. The molecule has 1 aliphatic heterocycles. The van der Waals surface area contributed by atoms with Crippen molar-refractivity contribution in [2.24, 2.45) is 5.73 Å². The van der Waals surface area contributed by atoms with Crippen LogP contribution in [0.15, 0.2) is 6.33 Å². The van der Waals surface area contributed by atoms with Crippen LogP contribution in [0.4, 0.5) is 0 Å². The predicted octanol–water partition coefficient (Wildman–Crippen LogP) is -0.843. The predicted molar refractivity (Wildman–Crippen MR) is 60.0 cm³/mol. The summed E-state index contributed by atoms with van der Waals surface area (Å²) >= 11 is 0. The van der Waals surface area contributed by atoms with Gasteiger partial charge in [0.05, 0.1) is 19.8 Å². The van der Waals surface area contributed by atoms with Gasteiger partial charge in [-0.05, 0) is 6.92 Å². The maximum Gasteiger partial charge on any atom is 0.247 e.